The summed E-state index contributed by atoms with van der Waals surface area (Å²) in [7, 11) is 0. The van der Waals surface area contributed by atoms with Gasteiger partial charge in [0.05, 0.1) is 5.57 Å². The molecule has 0 fully saturated rings. The molecule has 0 aliphatic carbocycles. The zero-order chi connectivity index (χ0) is 80.1. The van der Waals surface area contributed by atoms with E-state index in [1.54, 1.807) is 14.5 Å². The number of nitrogens with zero attached hydrogens (tertiary/aromatic N) is 2. The van der Waals surface area contributed by atoms with Crippen LogP contribution < -0.4 is 0 Å². The standard InChI is InChI=1S/C81H140N2.2C14H29.Pd/c1-5-9-13-16-18-20-22-24-26-28-30-32-34-35-36-37-38-40-42-44-46-48-50-52-54-56-58-61-65-79-78(64-60-15-11-7-3)80(76-70-66-74(67-71-76)62-12-8-4)83(82)81(79)77-72-68-75(69-73-77)63-59-57-55-53-51-49-47-45-43-41-39-33-31-29-27-25-23-21-19-17-14-10-6-2;2*1-3-5-7-9-11-13-14-12-10-8-6-4-2;/h61,65-73H,5-60,62-64H2,1-4H3;2*1,3-14H2,2H3;. The predicted molar refractivity (Wildman–Crippen MR) is 505 cm³/mol. The fourth-order valence-electron chi connectivity index (χ4n) is 17.4. The Hall–Kier alpha value is -2.08. The fourth-order valence-corrected chi connectivity index (χ4v) is 19.3. The van der Waals surface area contributed by atoms with E-state index in [1.165, 1.54) is 523 Å². The van der Waals surface area contributed by atoms with Crippen molar-refractivity contribution in [3.63, 3.8) is 0 Å². The Balaban J connectivity index is 0.00000123. The molecule has 2 aromatic rings. The molecular weight excluding hydrogens is 1440 g/mol. The molecule has 0 unspecified atom stereocenters. The Labute approximate surface area is 713 Å². The molecule has 0 radical (unpaired) electrons. The van der Waals surface area contributed by atoms with Crippen LogP contribution >= 0.6 is 0 Å². The van der Waals surface area contributed by atoms with Crippen LogP contribution in [0, 0.1) is 0 Å². The van der Waals surface area contributed by atoms with E-state index in [2.05, 4.69) is 102 Å². The van der Waals surface area contributed by atoms with Gasteiger partial charge in [0.25, 0.3) is 0 Å². The second-order valence-corrected chi connectivity index (χ2v) is 38.4. The summed E-state index contributed by atoms with van der Waals surface area (Å²) in [5.41, 5.74) is 21.9. The van der Waals surface area contributed by atoms with Gasteiger partial charge in [-0.3, -0.25) is 0 Å². The van der Waals surface area contributed by atoms with Crippen molar-refractivity contribution in [2.24, 2.45) is 0 Å². The van der Waals surface area contributed by atoms with E-state index in [0.717, 1.165) is 72.6 Å². The van der Waals surface area contributed by atoms with Crippen LogP contribution in [0.1, 0.15) is 584 Å². The normalized spacial score (nSPS) is 12.5. The van der Waals surface area contributed by atoms with E-state index in [1.807, 2.05) is 0 Å². The van der Waals surface area contributed by atoms with Gasteiger partial charge in [-0.1, -0.05) is 418 Å². The van der Waals surface area contributed by atoms with Gasteiger partial charge in [0.1, 0.15) is 0 Å². The van der Waals surface area contributed by atoms with Crippen LogP contribution in [0.3, 0.4) is 0 Å². The van der Waals surface area contributed by atoms with Gasteiger partial charge in [0.15, 0.2) is 0 Å². The summed E-state index contributed by atoms with van der Waals surface area (Å²) in [5.74, 6) is 0. The minimum atomic E-state index is 0.966. The molecule has 3 rings (SSSR count). The molecule has 1 aliphatic rings. The Kier molecular flexibility index (Phi) is 82.1. The van der Waals surface area contributed by atoms with E-state index >= 15 is 0 Å². The summed E-state index contributed by atoms with van der Waals surface area (Å²) in [6.07, 6.45) is 122. The van der Waals surface area contributed by atoms with Gasteiger partial charge in [-0.15, -0.1) is 0 Å². The molecule has 3 heteroatoms. The molecule has 654 valence electrons. The zero-order valence-corrected chi connectivity index (χ0v) is 78.6. The van der Waals surface area contributed by atoms with Crippen LogP contribution in [0.25, 0.3) is 16.9 Å². The van der Waals surface area contributed by atoms with Crippen LogP contribution in [-0.2, 0) is 30.8 Å². The SMILES string of the molecule is CCCCCCCCCCCCCCCCCCCCCCCCCCCCC=CC1=C(c2ccc(CCCCCCCCCCCCCCCCCCCCCCCCC)cc2)[N+](=[N-])C(c2ccc(CCCC)cc2)=C1CCCCCC.CCCCCCCCCCCCC[CH2][Pd][CH2]CCCCCCCCCCCCC. The number of hydrogen-bond acceptors (Lipinski definition) is 0. The Morgan fingerprint density at radius 2 is 0.429 bits per heavy atom. The van der Waals surface area contributed by atoms with Crippen LogP contribution in [0.4, 0.5) is 0 Å². The molecular formula is C109H198N2Pd. The average molecular weight is 1640 g/mol. The third-order valence-electron chi connectivity index (χ3n) is 25.1. The van der Waals surface area contributed by atoms with Crippen molar-refractivity contribution >= 4 is 11.4 Å². The number of allylic oxidation sites excluding steroid dienone is 4. The van der Waals surface area contributed by atoms with Gasteiger partial charge in [-0.25, -0.2) is 4.70 Å². The summed E-state index contributed by atoms with van der Waals surface area (Å²) < 4.78 is 1.58. The number of benzene rings is 2. The summed E-state index contributed by atoms with van der Waals surface area (Å²) in [6, 6.07) is 18.4. The van der Waals surface area contributed by atoms with E-state index in [9.17, 15) is 5.53 Å². The molecule has 0 aromatic heterocycles. The molecule has 0 amide bonds. The van der Waals surface area contributed by atoms with Crippen LogP contribution in [0.5, 0.6) is 0 Å². The first kappa shape index (κ1) is 106. The summed E-state index contributed by atoms with van der Waals surface area (Å²) >= 11 is 1.06. The molecule has 1 heterocycles. The molecule has 0 bridgehead atoms. The topological polar surface area (TPSA) is 25.3 Å². The first-order chi connectivity index (χ1) is 55.6. The first-order valence-corrected chi connectivity index (χ1v) is 54.0. The maximum absolute atomic E-state index is 12.4. The van der Waals surface area contributed by atoms with Crippen molar-refractivity contribution in [3.8, 4) is 0 Å². The van der Waals surface area contributed by atoms with Crippen molar-refractivity contribution < 1.29 is 22.7 Å². The number of aryl methyl sites for hydroxylation is 2. The Morgan fingerprint density at radius 3 is 0.696 bits per heavy atom. The van der Waals surface area contributed by atoms with Crippen LogP contribution in [0.15, 0.2) is 71.8 Å². The second-order valence-electron chi connectivity index (χ2n) is 36.0. The van der Waals surface area contributed by atoms with Crippen molar-refractivity contribution in [2.45, 2.75) is 584 Å². The molecule has 1 aliphatic heterocycles. The van der Waals surface area contributed by atoms with Crippen LogP contribution in [0.2, 0.25) is 9.79 Å². The quantitative estimate of drug-likeness (QED) is 0.0358. The van der Waals surface area contributed by atoms with Crippen molar-refractivity contribution in [1.29, 1.82) is 0 Å². The Bertz CT molecular complexity index is 2290. The van der Waals surface area contributed by atoms with E-state index < -0.39 is 0 Å². The van der Waals surface area contributed by atoms with Crippen LogP contribution in [-0.4, -0.2) is 4.70 Å². The fraction of sp³-hybridized carbons (Fsp3) is 0.835. The summed E-state index contributed by atoms with van der Waals surface area (Å²) in [4.78, 5) is 3.09. The molecule has 0 spiro atoms. The van der Waals surface area contributed by atoms with Gasteiger partial charge in [-0.2, -0.15) is 0 Å². The Morgan fingerprint density at radius 1 is 0.223 bits per heavy atom. The zero-order valence-electron chi connectivity index (χ0n) is 77.1. The third-order valence-corrected chi connectivity index (χ3v) is 27.3. The van der Waals surface area contributed by atoms with Crippen molar-refractivity contribution in [3.05, 3.63) is 99.6 Å². The number of rotatable bonds is 88. The molecule has 0 N–H and O–H groups in total. The summed E-state index contributed by atoms with van der Waals surface area (Å²) in [6.45, 7) is 13.8. The van der Waals surface area contributed by atoms with Crippen molar-refractivity contribution in [2.75, 3.05) is 0 Å². The second kappa shape index (κ2) is 86.8. The molecule has 2 nitrogen and oxygen atoms in total. The molecule has 0 atom stereocenters. The molecule has 112 heavy (non-hydrogen) atoms. The van der Waals surface area contributed by atoms with Gasteiger partial charge < -0.3 is 5.53 Å². The van der Waals surface area contributed by atoms with E-state index in [4.69, 9.17) is 0 Å². The number of unbranched alkanes of at least 4 members (excludes halogenated alkanes) is 74. The molecule has 0 saturated heterocycles. The van der Waals surface area contributed by atoms with Gasteiger partial charge in [0.2, 0.25) is 11.4 Å². The monoisotopic (exact) mass is 1640 g/mol. The molecule has 2 aromatic carbocycles. The average Bonchev–Trinajstić information content (AvgIpc) is 1.61. The van der Waals surface area contributed by atoms with E-state index in [-0.39, 0.29) is 0 Å². The smallest absolute Gasteiger partial charge is 0.0654 e. The third kappa shape index (κ3) is 65.8. The van der Waals surface area contributed by atoms with Crippen molar-refractivity contribution in [1.82, 2.24) is 0 Å². The number of hydrogen-bond donors (Lipinski definition) is 0. The molecule has 0 saturated carbocycles. The van der Waals surface area contributed by atoms with Gasteiger partial charge >= 0.3 is 169 Å². The summed E-state index contributed by atoms with van der Waals surface area (Å²) in [5, 5.41) is 0. The predicted octanol–water partition coefficient (Wildman–Crippen LogP) is 40.1. The minimum Gasteiger partial charge on any atom is -0.0654 e. The maximum atomic E-state index is 12.4. The van der Waals surface area contributed by atoms with Gasteiger partial charge in [0, 0.05) is 16.7 Å². The van der Waals surface area contributed by atoms with Gasteiger partial charge in [-0.05, 0) is 86.8 Å². The first-order valence-electron chi connectivity index (χ1n) is 51.8. The van der Waals surface area contributed by atoms with E-state index in [0.29, 0.717) is 0 Å². The minimum absolute atomic E-state index is 0.966.